The first-order valence-electron chi connectivity index (χ1n) is 10.9. The van der Waals surface area contributed by atoms with Crippen molar-refractivity contribution in [3.63, 3.8) is 0 Å². The predicted molar refractivity (Wildman–Crippen MR) is 112 cm³/mol. The summed E-state index contributed by atoms with van der Waals surface area (Å²) in [5, 5.41) is 10.8. The van der Waals surface area contributed by atoms with Gasteiger partial charge >= 0.3 is 11.9 Å². The lowest BCUT2D eigenvalue weighted by molar-refractivity contribution is -0.200. The molecule has 0 aromatic rings. The van der Waals surface area contributed by atoms with Crippen molar-refractivity contribution in [2.75, 3.05) is 0 Å². The normalized spacial score (nSPS) is 35.9. The van der Waals surface area contributed by atoms with Crippen LogP contribution >= 0.6 is 0 Å². The third-order valence-electron chi connectivity index (χ3n) is 6.45. The van der Waals surface area contributed by atoms with E-state index in [1.807, 2.05) is 20.8 Å². The molecular weight excluding hydrogens is 384 g/mol. The maximum Gasteiger partial charge on any atom is 0.330 e. The fourth-order valence-electron chi connectivity index (χ4n) is 4.65. The minimum absolute atomic E-state index is 0.237. The van der Waals surface area contributed by atoms with Crippen LogP contribution in [-0.2, 0) is 23.8 Å². The quantitative estimate of drug-likeness (QED) is 0.508. The fourth-order valence-corrected chi connectivity index (χ4v) is 4.65. The zero-order valence-electron chi connectivity index (χ0n) is 18.9. The molecule has 1 N–H and O–H groups in total. The summed E-state index contributed by atoms with van der Waals surface area (Å²) in [7, 11) is 0. The van der Waals surface area contributed by atoms with Crippen LogP contribution < -0.4 is 0 Å². The lowest BCUT2D eigenvalue weighted by Gasteiger charge is -2.23. The second-order valence-electron chi connectivity index (χ2n) is 9.31. The van der Waals surface area contributed by atoms with Crippen molar-refractivity contribution >= 4 is 11.9 Å². The van der Waals surface area contributed by atoms with Crippen LogP contribution in [0.1, 0.15) is 67.2 Å². The summed E-state index contributed by atoms with van der Waals surface area (Å²) in [6, 6.07) is 0. The summed E-state index contributed by atoms with van der Waals surface area (Å²) < 4.78 is 17.2. The highest BCUT2D eigenvalue weighted by atomic mass is 16.6. The van der Waals surface area contributed by atoms with Crippen LogP contribution in [0.5, 0.6) is 0 Å². The van der Waals surface area contributed by atoms with Crippen molar-refractivity contribution in [1.82, 2.24) is 0 Å². The number of rotatable bonds is 1. The van der Waals surface area contributed by atoms with Crippen LogP contribution in [-0.4, -0.2) is 35.0 Å². The monoisotopic (exact) mass is 418 g/mol. The second-order valence-corrected chi connectivity index (χ2v) is 9.31. The largest absolute Gasteiger partial charge is 0.460 e. The molecule has 6 nitrogen and oxygen atoms in total. The van der Waals surface area contributed by atoms with Gasteiger partial charge in [0.25, 0.3) is 0 Å². The molecule has 0 amide bonds. The maximum absolute atomic E-state index is 12.6. The van der Waals surface area contributed by atoms with Gasteiger partial charge in [-0.05, 0) is 70.4 Å². The smallest absolute Gasteiger partial charge is 0.330 e. The number of ether oxygens (including phenoxy) is 3. The van der Waals surface area contributed by atoms with E-state index in [-0.39, 0.29) is 23.9 Å². The van der Waals surface area contributed by atoms with E-state index in [1.165, 1.54) is 6.92 Å². The van der Waals surface area contributed by atoms with Gasteiger partial charge in [0.2, 0.25) is 0 Å². The maximum atomic E-state index is 12.6. The number of hydrogen-bond acceptors (Lipinski definition) is 6. The highest BCUT2D eigenvalue weighted by molar-refractivity contribution is 5.83. The molecule has 2 fully saturated rings. The van der Waals surface area contributed by atoms with E-state index in [0.29, 0.717) is 18.6 Å². The van der Waals surface area contributed by atoms with E-state index in [9.17, 15) is 14.7 Å². The molecule has 0 bridgehead atoms. The first-order valence-corrected chi connectivity index (χ1v) is 10.9. The number of hydrogen-bond donors (Lipinski definition) is 1. The molecule has 166 valence electrons. The first kappa shape index (κ1) is 22.8. The number of esters is 2. The number of carbonyl (C=O) groups excluding carboxylic acids is 2. The van der Waals surface area contributed by atoms with E-state index < -0.39 is 23.8 Å². The van der Waals surface area contributed by atoms with Crippen LogP contribution in [0, 0.1) is 17.8 Å². The zero-order chi connectivity index (χ0) is 22.2. The Hall–Kier alpha value is -1.92. The van der Waals surface area contributed by atoms with Gasteiger partial charge in [-0.3, -0.25) is 4.79 Å². The molecule has 0 aliphatic carbocycles. The van der Waals surface area contributed by atoms with E-state index in [1.54, 1.807) is 6.08 Å². The predicted octanol–water partition coefficient (Wildman–Crippen LogP) is 4.19. The minimum Gasteiger partial charge on any atom is -0.460 e. The highest BCUT2D eigenvalue weighted by Crippen LogP contribution is 2.51. The van der Waals surface area contributed by atoms with Gasteiger partial charge in [0.15, 0.2) is 5.79 Å². The molecule has 3 aliphatic rings. The molecule has 0 saturated carbocycles. The van der Waals surface area contributed by atoms with Crippen LogP contribution in [0.25, 0.3) is 0 Å². The average Bonchev–Trinajstić information content (AvgIpc) is 3.14. The summed E-state index contributed by atoms with van der Waals surface area (Å²) in [6.45, 7) is 11.4. The lowest BCUT2D eigenvalue weighted by atomic mass is 9.82. The van der Waals surface area contributed by atoms with Crippen molar-refractivity contribution < 1.29 is 28.9 Å². The Kier molecular flexibility index (Phi) is 6.58. The summed E-state index contributed by atoms with van der Waals surface area (Å²) >= 11 is 0. The molecule has 2 saturated heterocycles. The van der Waals surface area contributed by atoms with Crippen molar-refractivity contribution in [1.29, 1.82) is 0 Å². The molecule has 5 unspecified atom stereocenters. The molecule has 0 radical (unpaired) electrons. The Labute approximate surface area is 179 Å². The standard InChI is InChI=1S/C24H34O6/c1-13(2)17-9-7-8-14(3)22-19-20(24(6,27)30-22)23(26)29-21(19)15(4)10-11-16(5)28-18(25)12-17/h8,12-13,16,19-20,22,27H,7,9-11H2,1-6H3. The molecule has 0 spiro atoms. The molecule has 30 heavy (non-hydrogen) atoms. The number of cyclic esters (lactones) is 1. The summed E-state index contributed by atoms with van der Waals surface area (Å²) in [5.74, 6) is -2.58. The van der Waals surface area contributed by atoms with Gasteiger partial charge in [-0.15, -0.1) is 0 Å². The van der Waals surface area contributed by atoms with E-state index in [4.69, 9.17) is 14.2 Å². The Balaban J connectivity index is 1.99. The van der Waals surface area contributed by atoms with Crippen LogP contribution in [0.4, 0.5) is 0 Å². The minimum atomic E-state index is -1.57. The van der Waals surface area contributed by atoms with Crippen molar-refractivity contribution in [3.8, 4) is 0 Å². The Bertz CT molecular complexity index is 801. The fraction of sp³-hybridized carbons (Fsp3) is 0.667. The van der Waals surface area contributed by atoms with Crippen molar-refractivity contribution in [2.45, 2.75) is 85.2 Å². The van der Waals surface area contributed by atoms with Gasteiger partial charge in [-0.1, -0.05) is 25.5 Å². The van der Waals surface area contributed by atoms with Crippen molar-refractivity contribution in [2.24, 2.45) is 17.8 Å². The van der Waals surface area contributed by atoms with E-state index in [2.05, 4.69) is 19.9 Å². The topological polar surface area (TPSA) is 82.1 Å². The average molecular weight is 419 g/mol. The van der Waals surface area contributed by atoms with Gasteiger partial charge in [0.1, 0.15) is 11.7 Å². The molecule has 3 heterocycles. The number of aliphatic hydroxyl groups is 1. The zero-order valence-corrected chi connectivity index (χ0v) is 18.9. The van der Waals surface area contributed by atoms with Crippen LogP contribution in [0.15, 0.2) is 34.6 Å². The lowest BCUT2D eigenvalue weighted by Crippen LogP contribution is -2.36. The number of carbonyl (C=O) groups is 2. The van der Waals surface area contributed by atoms with Gasteiger partial charge in [-0.25, -0.2) is 4.79 Å². The van der Waals surface area contributed by atoms with E-state index in [0.717, 1.165) is 29.6 Å². The molecule has 6 heteroatoms. The number of allylic oxidation sites excluding steroid dienone is 3. The molecule has 0 aromatic heterocycles. The second kappa shape index (κ2) is 8.67. The molecular formula is C24H34O6. The summed E-state index contributed by atoms with van der Waals surface area (Å²) in [6.07, 6.45) is 5.72. The third kappa shape index (κ3) is 4.54. The van der Waals surface area contributed by atoms with Gasteiger partial charge < -0.3 is 19.3 Å². The Morgan fingerprint density at radius 1 is 1.20 bits per heavy atom. The first-order chi connectivity index (χ1) is 14.0. The summed E-state index contributed by atoms with van der Waals surface area (Å²) in [4.78, 5) is 24.9. The molecule has 3 rings (SSSR count). The third-order valence-corrected chi connectivity index (χ3v) is 6.45. The van der Waals surface area contributed by atoms with Gasteiger partial charge in [0, 0.05) is 6.08 Å². The SMILES string of the molecule is CC1=CCCC(C(C)C)=CC(=O)OC(C)CCC(C)=C2OC(=O)C3C2C1OC3(C)O. The summed E-state index contributed by atoms with van der Waals surface area (Å²) in [5.41, 5.74) is 2.92. The van der Waals surface area contributed by atoms with Crippen LogP contribution in [0.2, 0.25) is 0 Å². The van der Waals surface area contributed by atoms with E-state index >= 15 is 0 Å². The molecule has 0 aromatic carbocycles. The molecule has 5 atom stereocenters. The Morgan fingerprint density at radius 3 is 2.57 bits per heavy atom. The highest BCUT2D eigenvalue weighted by Gasteiger charge is 2.62. The van der Waals surface area contributed by atoms with Crippen molar-refractivity contribution in [3.05, 3.63) is 34.6 Å². The molecule has 3 aliphatic heterocycles. The van der Waals surface area contributed by atoms with Gasteiger partial charge in [-0.2, -0.15) is 0 Å². The van der Waals surface area contributed by atoms with Gasteiger partial charge in [0.05, 0.1) is 18.1 Å². The van der Waals surface area contributed by atoms with Crippen LogP contribution in [0.3, 0.4) is 0 Å². The Morgan fingerprint density at radius 2 is 1.90 bits per heavy atom.